The third-order valence-electron chi connectivity index (χ3n) is 3.08. The van der Waals surface area contributed by atoms with E-state index >= 15 is 0 Å². The molecule has 2 aliphatic rings. The molecular formula is C9H15N3O3. The highest BCUT2D eigenvalue weighted by atomic mass is 16.3. The maximum atomic E-state index is 11.9. The van der Waals surface area contributed by atoms with Crippen LogP contribution in [0.1, 0.15) is 19.3 Å². The molecule has 6 heteroatoms. The molecule has 2 atom stereocenters. The van der Waals surface area contributed by atoms with Crippen LogP contribution in [0.5, 0.6) is 0 Å². The van der Waals surface area contributed by atoms with Gasteiger partial charge in [0.05, 0.1) is 11.6 Å². The number of carbonyl (C=O) groups excluding carboxylic acids is 2. The number of primary amides is 1. The Balaban J connectivity index is 2.13. The molecule has 1 aliphatic carbocycles. The smallest absolute Gasteiger partial charge is 0.243 e. The first kappa shape index (κ1) is 10.4. The number of rotatable bonds is 2. The van der Waals surface area contributed by atoms with Crippen molar-refractivity contribution in [3.05, 3.63) is 0 Å². The Labute approximate surface area is 87.2 Å². The number of nitrogens with two attached hydrogens (primary N) is 2. The third kappa shape index (κ3) is 1.70. The van der Waals surface area contributed by atoms with E-state index in [4.69, 9.17) is 11.5 Å². The van der Waals surface area contributed by atoms with Gasteiger partial charge >= 0.3 is 0 Å². The molecule has 0 bridgehead atoms. The maximum absolute atomic E-state index is 11.9. The highest BCUT2D eigenvalue weighted by Crippen LogP contribution is 2.36. The molecule has 15 heavy (non-hydrogen) atoms. The second-order valence-electron chi connectivity index (χ2n) is 4.42. The van der Waals surface area contributed by atoms with Gasteiger partial charge in [0.25, 0.3) is 0 Å². The summed E-state index contributed by atoms with van der Waals surface area (Å²) in [7, 11) is 0. The highest BCUT2D eigenvalue weighted by Gasteiger charge is 2.52. The zero-order valence-corrected chi connectivity index (χ0v) is 8.35. The largest absolute Gasteiger partial charge is 0.391 e. The fraction of sp³-hybridized carbons (Fsp3) is 0.778. The molecule has 1 saturated heterocycles. The molecule has 1 heterocycles. The molecule has 2 unspecified atom stereocenters. The van der Waals surface area contributed by atoms with Crippen molar-refractivity contribution < 1.29 is 14.7 Å². The molecule has 2 amide bonds. The molecule has 0 aromatic carbocycles. The standard InChI is InChI=1S/C9H15N3O3/c10-7(14)6-3-5(13)4-12(6)8(15)9(11)1-2-9/h5-6,13H,1-4,11H2,(H2,10,14). The number of aliphatic hydroxyl groups is 1. The van der Waals surface area contributed by atoms with Gasteiger partial charge in [-0.15, -0.1) is 0 Å². The SMILES string of the molecule is NC(=O)C1CC(O)CN1C(=O)C1(N)CC1. The predicted octanol–water partition coefficient (Wildman–Crippen LogP) is -2.08. The van der Waals surface area contributed by atoms with Crippen molar-refractivity contribution in [3.63, 3.8) is 0 Å². The van der Waals surface area contributed by atoms with E-state index in [2.05, 4.69) is 0 Å². The Morgan fingerprint density at radius 2 is 2.00 bits per heavy atom. The van der Waals surface area contributed by atoms with Gasteiger partial charge in [-0.3, -0.25) is 9.59 Å². The molecule has 5 N–H and O–H groups in total. The number of likely N-dealkylation sites (tertiary alicyclic amines) is 1. The number of β-amino-alcohol motifs (C(OH)–C–C–N with tert-alkyl or cyclic N) is 1. The first-order valence-electron chi connectivity index (χ1n) is 5.01. The Kier molecular flexibility index (Phi) is 2.20. The molecule has 1 saturated carbocycles. The summed E-state index contributed by atoms with van der Waals surface area (Å²) in [6, 6.07) is -0.700. The van der Waals surface area contributed by atoms with Crippen LogP contribution in [-0.4, -0.2) is 46.1 Å². The molecule has 0 radical (unpaired) electrons. The molecule has 0 aromatic rings. The van der Waals surface area contributed by atoms with Crippen molar-refractivity contribution in [1.82, 2.24) is 4.90 Å². The van der Waals surface area contributed by atoms with Crippen LogP contribution >= 0.6 is 0 Å². The lowest BCUT2D eigenvalue weighted by Gasteiger charge is -2.24. The van der Waals surface area contributed by atoms with Crippen molar-refractivity contribution in [3.8, 4) is 0 Å². The molecule has 2 fully saturated rings. The number of hydrogen-bond donors (Lipinski definition) is 3. The fourth-order valence-electron chi connectivity index (χ4n) is 1.94. The maximum Gasteiger partial charge on any atom is 0.243 e. The molecule has 0 spiro atoms. The van der Waals surface area contributed by atoms with Crippen molar-refractivity contribution >= 4 is 11.8 Å². The van der Waals surface area contributed by atoms with E-state index in [0.717, 1.165) is 0 Å². The van der Waals surface area contributed by atoms with Crippen LogP contribution in [0.15, 0.2) is 0 Å². The van der Waals surface area contributed by atoms with Crippen molar-refractivity contribution in [2.75, 3.05) is 6.54 Å². The Morgan fingerprint density at radius 1 is 1.40 bits per heavy atom. The van der Waals surface area contributed by atoms with E-state index in [1.807, 2.05) is 0 Å². The quantitative estimate of drug-likeness (QED) is 0.489. The Bertz CT molecular complexity index is 314. The van der Waals surface area contributed by atoms with Gasteiger partial charge in [0.2, 0.25) is 11.8 Å². The van der Waals surface area contributed by atoms with Gasteiger partial charge in [-0.1, -0.05) is 0 Å². The van der Waals surface area contributed by atoms with Gasteiger partial charge in [0, 0.05) is 13.0 Å². The van der Waals surface area contributed by atoms with Crippen molar-refractivity contribution in [1.29, 1.82) is 0 Å². The summed E-state index contributed by atoms with van der Waals surface area (Å²) in [5, 5.41) is 9.41. The number of amides is 2. The average Bonchev–Trinajstić information content (AvgIpc) is 2.77. The molecule has 84 valence electrons. The van der Waals surface area contributed by atoms with Crippen molar-refractivity contribution in [2.24, 2.45) is 11.5 Å². The van der Waals surface area contributed by atoms with Gasteiger partial charge in [0.15, 0.2) is 0 Å². The van der Waals surface area contributed by atoms with Crippen LogP contribution in [0.3, 0.4) is 0 Å². The number of hydrogen-bond acceptors (Lipinski definition) is 4. The molecule has 1 aliphatic heterocycles. The Morgan fingerprint density at radius 3 is 2.47 bits per heavy atom. The monoisotopic (exact) mass is 213 g/mol. The lowest BCUT2D eigenvalue weighted by Crippen LogP contribution is -2.51. The van der Waals surface area contributed by atoms with Crippen LogP contribution in [0, 0.1) is 0 Å². The lowest BCUT2D eigenvalue weighted by atomic mass is 10.1. The number of nitrogens with zero attached hydrogens (tertiary/aromatic N) is 1. The fourth-order valence-corrected chi connectivity index (χ4v) is 1.94. The van der Waals surface area contributed by atoms with Crippen LogP contribution in [0.25, 0.3) is 0 Å². The third-order valence-corrected chi connectivity index (χ3v) is 3.08. The van der Waals surface area contributed by atoms with Crippen molar-refractivity contribution in [2.45, 2.75) is 36.9 Å². The summed E-state index contributed by atoms with van der Waals surface area (Å²) in [4.78, 5) is 24.3. The minimum atomic E-state index is -0.808. The first-order valence-corrected chi connectivity index (χ1v) is 5.01. The number of aliphatic hydroxyl groups excluding tert-OH is 1. The van der Waals surface area contributed by atoms with Gasteiger partial charge in [0.1, 0.15) is 6.04 Å². The predicted molar refractivity (Wildman–Crippen MR) is 51.5 cm³/mol. The van der Waals surface area contributed by atoms with E-state index in [0.29, 0.717) is 12.8 Å². The second-order valence-corrected chi connectivity index (χ2v) is 4.42. The van der Waals surface area contributed by atoms with Crippen LogP contribution in [0.2, 0.25) is 0 Å². The zero-order valence-electron chi connectivity index (χ0n) is 8.35. The van der Waals surface area contributed by atoms with Crippen LogP contribution in [-0.2, 0) is 9.59 Å². The summed E-state index contributed by atoms with van der Waals surface area (Å²) in [6.45, 7) is 0.158. The van der Waals surface area contributed by atoms with E-state index in [-0.39, 0.29) is 18.9 Å². The van der Waals surface area contributed by atoms with Crippen LogP contribution in [0.4, 0.5) is 0 Å². The summed E-state index contributed by atoms with van der Waals surface area (Å²) >= 11 is 0. The highest BCUT2D eigenvalue weighted by molar-refractivity contribution is 5.93. The normalized spacial score (nSPS) is 32.8. The van der Waals surface area contributed by atoms with E-state index < -0.39 is 23.6 Å². The summed E-state index contributed by atoms with van der Waals surface area (Å²) < 4.78 is 0. The minimum absolute atomic E-state index is 0.158. The number of carbonyl (C=O) groups is 2. The summed E-state index contributed by atoms with van der Waals surface area (Å²) in [5.41, 5.74) is 10.1. The lowest BCUT2D eigenvalue weighted by molar-refractivity contribution is -0.139. The minimum Gasteiger partial charge on any atom is -0.391 e. The van der Waals surface area contributed by atoms with Crippen LogP contribution < -0.4 is 11.5 Å². The second kappa shape index (κ2) is 3.18. The molecule has 0 aromatic heterocycles. The zero-order chi connectivity index (χ0) is 11.2. The first-order chi connectivity index (χ1) is 6.94. The topological polar surface area (TPSA) is 110 Å². The van der Waals surface area contributed by atoms with Gasteiger partial charge < -0.3 is 21.5 Å². The average molecular weight is 213 g/mol. The molecular weight excluding hydrogens is 198 g/mol. The Hall–Kier alpha value is -1.14. The van der Waals surface area contributed by atoms with Gasteiger partial charge in [-0.2, -0.15) is 0 Å². The molecule has 6 nitrogen and oxygen atoms in total. The van der Waals surface area contributed by atoms with Gasteiger partial charge in [-0.25, -0.2) is 0 Å². The summed E-state index contributed by atoms with van der Waals surface area (Å²) in [5.74, 6) is -0.841. The molecule has 2 rings (SSSR count). The summed E-state index contributed by atoms with van der Waals surface area (Å²) in [6.07, 6.45) is 0.833. The van der Waals surface area contributed by atoms with Gasteiger partial charge in [-0.05, 0) is 12.8 Å². The van der Waals surface area contributed by atoms with E-state index in [9.17, 15) is 14.7 Å². The van der Waals surface area contributed by atoms with E-state index in [1.54, 1.807) is 0 Å². The van der Waals surface area contributed by atoms with E-state index in [1.165, 1.54) is 4.90 Å².